The molecule has 0 bridgehead atoms. The van der Waals surface area contributed by atoms with Crippen LogP contribution in [0, 0.1) is 13.8 Å². The van der Waals surface area contributed by atoms with Gasteiger partial charge in [-0.15, -0.1) is 11.3 Å². The monoisotopic (exact) mass is 410 g/mol. The molecule has 1 aliphatic rings. The van der Waals surface area contributed by atoms with Gasteiger partial charge in [-0.05, 0) is 62.9 Å². The molecule has 1 amide bonds. The van der Waals surface area contributed by atoms with E-state index in [1.54, 1.807) is 11.3 Å². The van der Waals surface area contributed by atoms with E-state index in [-0.39, 0.29) is 11.9 Å². The number of likely N-dealkylation sites (N-methyl/N-ethyl adjacent to an activating group) is 1. The summed E-state index contributed by atoms with van der Waals surface area (Å²) in [4.78, 5) is 24.0. The summed E-state index contributed by atoms with van der Waals surface area (Å²) in [6, 6.07) is 6.57. The number of aromatic amines is 1. The van der Waals surface area contributed by atoms with Gasteiger partial charge in [0.05, 0.1) is 20.8 Å². The average molecular weight is 411 g/mol. The van der Waals surface area contributed by atoms with Crippen LogP contribution in [0.3, 0.4) is 0 Å². The van der Waals surface area contributed by atoms with Gasteiger partial charge in [0.2, 0.25) is 0 Å². The molecule has 6 heteroatoms. The van der Waals surface area contributed by atoms with Crippen LogP contribution in [0.5, 0.6) is 0 Å². The standard InChI is InChI=1S/C23H30N4OS/c1-13(2)20-21(16-9-14(3)25-15(4)10-16)26-18-11-19(29-22(18)20)23(28)27(5)17-7-6-8-24-12-17/h9-11,13,17,24,26H,6-8,12H2,1-5H3/t17-/m0/s1. The van der Waals surface area contributed by atoms with E-state index in [4.69, 9.17) is 0 Å². The lowest BCUT2D eigenvalue weighted by Gasteiger charge is -2.31. The van der Waals surface area contributed by atoms with Gasteiger partial charge in [0.1, 0.15) is 0 Å². The van der Waals surface area contributed by atoms with E-state index in [0.717, 1.165) is 53.4 Å². The van der Waals surface area contributed by atoms with Gasteiger partial charge in [-0.1, -0.05) is 13.8 Å². The highest BCUT2D eigenvalue weighted by atomic mass is 32.1. The number of aryl methyl sites for hydroxylation is 2. The SMILES string of the molecule is Cc1cc(-c2[nH]c3cc(C(=O)N(C)[C@H]4CCCNC4)sc3c2C(C)C)cc(C)n1. The van der Waals surface area contributed by atoms with Crippen LogP contribution in [-0.2, 0) is 0 Å². The first-order chi connectivity index (χ1) is 13.8. The molecule has 5 nitrogen and oxygen atoms in total. The quantitative estimate of drug-likeness (QED) is 0.646. The summed E-state index contributed by atoms with van der Waals surface area (Å²) in [5, 5.41) is 3.40. The lowest BCUT2D eigenvalue weighted by molar-refractivity contribution is 0.0713. The minimum Gasteiger partial charge on any atom is -0.354 e. The van der Waals surface area contributed by atoms with Crippen molar-refractivity contribution in [3.8, 4) is 11.3 Å². The van der Waals surface area contributed by atoms with E-state index >= 15 is 0 Å². The highest BCUT2D eigenvalue weighted by molar-refractivity contribution is 7.21. The van der Waals surface area contributed by atoms with Crippen LogP contribution in [0.4, 0.5) is 0 Å². The van der Waals surface area contributed by atoms with Crippen molar-refractivity contribution in [3.63, 3.8) is 0 Å². The summed E-state index contributed by atoms with van der Waals surface area (Å²) < 4.78 is 1.20. The van der Waals surface area contributed by atoms with Crippen LogP contribution in [0.2, 0.25) is 0 Å². The molecule has 2 N–H and O–H groups in total. The fourth-order valence-corrected chi connectivity index (χ4v) is 5.66. The molecule has 3 aromatic heterocycles. The van der Waals surface area contributed by atoms with E-state index in [1.807, 2.05) is 31.9 Å². The first kappa shape index (κ1) is 20.1. The number of pyridine rings is 1. The number of nitrogens with one attached hydrogen (secondary N) is 2. The summed E-state index contributed by atoms with van der Waals surface area (Å²) in [5.41, 5.74) is 6.70. The van der Waals surface area contributed by atoms with E-state index in [9.17, 15) is 4.79 Å². The second-order valence-electron chi connectivity index (χ2n) is 8.48. The fraction of sp³-hybridized carbons (Fsp3) is 0.478. The maximum atomic E-state index is 13.1. The van der Waals surface area contributed by atoms with Gasteiger partial charge in [0, 0.05) is 36.6 Å². The molecule has 1 fully saturated rings. The Labute approximate surface area is 176 Å². The molecule has 4 rings (SSSR count). The van der Waals surface area contributed by atoms with E-state index in [1.165, 1.54) is 15.8 Å². The van der Waals surface area contributed by atoms with Crippen LogP contribution in [0.25, 0.3) is 21.5 Å². The Morgan fingerprint density at radius 1 is 1.24 bits per heavy atom. The minimum absolute atomic E-state index is 0.125. The number of carbonyl (C=O) groups is 1. The second kappa shape index (κ2) is 7.92. The summed E-state index contributed by atoms with van der Waals surface area (Å²) >= 11 is 1.62. The molecule has 0 aliphatic carbocycles. The lowest BCUT2D eigenvalue weighted by atomic mass is 9.99. The number of amides is 1. The van der Waals surface area contributed by atoms with Crippen molar-refractivity contribution >= 4 is 27.5 Å². The molecule has 1 saturated heterocycles. The number of hydrogen-bond acceptors (Lipinski definition) is 4. The number of hydrogen-bond donors (Lipinski definition) is 2. The predicted octanol–water partition coefficient (Wildman–Crippen LogP) is 4.86. The third kappa shape index (κ3) is 3.83. The van der Waals surface area contributed by atoms with Gasteiger partial charge in [-0.25, -0.2) is 0 Å². The van der Waals surface area contributed by atoms with E-state index in [2.05, 4.69) is 41.3 Å². The number of thiophene rings is 1. The normalized spacial score (nSPS) is 17.2. The van der Waals surface area contributed by atoms with Crippen molar-refractivity contribution in [1.29, 1.82) is 0 Å². The maximum absolute atomic E-state index is 13.1. The summed E-state index contributed by atoms with van der Waals surface area (Å²) in [7, 11) is 1.94. The molecule has 1 atom stereocenters. The number of carbonyl (C=O) groups excluding carboxylic acids is 1. The van der Waals surface area contributed by atoms with Gasteiger partial charge in [0.15, 0.2) is 0 Å². The second-order valence-corrected chi connectivity index (χ2v) is 9.53. The third-order valence-electron chi connectivity index (χ3n) is 5.80. The van der Waals surface area contributed by atoms with Crippen molar-refractivity contribution in [1.82, 2.24) is 20.2 Å². The molecule has 0 radical (unpaired) electrons. The predicted molar refractivity (Wildman–Crippen MR) is 121 cm³/mol. The molecule has 0 spiro atoms. The first-order valence-corrected chi connectivity index (χ1v) is 11.3. The molecular weight excluding hydrogens is 380 g/mol. The average Bonchev–Trinajstić information content (AvgIpc) is 3.24. The number of H-pyrrole nitrogens is 1. The zero-order valence-electron chi connectivity index (χ0n) is 17.9. The summed E-state index contributed by atoms with van der Waals surface area (Å²) in [6.45, 7) is 10.4. The Hall–Kier alpha value is -2.18. The van der Waals surface area contributed by atoms with Crippen LogP contribution in [0.15, 0.2) is 18.2 Å². The Morgan fingerprint density at radius 2 is 1.97 bits per heavy atom. The molecule has 3 aromatic rings. The van der Waals surface area contributed by atoms with Crippen molar-refractivity contribution in [2.45, 2.75) is 52.5 Å². The summed E-state index contributed by atoms with van der Waals surface area (Å²) in [6.07, 6.45) is 2.19. The number of aromatic nitrogens is 2. The van der Waals surface area contributed by atoms with E-state index < -0.39 is 0 Å². The Kier molecular flexibility index (Phi) is 5.49. The molecule has 4 heterocycles. The molecular formula is C23H30N4OS. The molecule has 29 heavy (non-hydrogen) atoms. The third-order valence-corrected chi connectivity index (χ3v) is 6.96. The van der Waals surface area contributed by atoms with E-state index in [0.29, 0.717) is 5.92 Å². The Morgan fingerprint density at radius 3 is 2.59 bits per heavy atom. The van der Waals surface area contributed by atoms with Crippen LogP contribution in [-0.4, -0.2) is 47.0 Å². The van der Waals surface area contributed by atoms with Crippen molar-refractivity contribution < 1.29 is 4.79 Å². The Balaban J connectivity index is 1.72. The van der Waals surface area contributed by atoms with Gasteiger partial charge in [0.25, 0.3) is 5.91 Å². The zero-order valence-corrected chi connectivity index (χ0v) is 18.7. The maximum Gasteiger partial charge on any atom is 0.264 e. The Bertz CT molecular complexity index is 1020. The zero-order chi connectivity index (χ0) is 20.7. The number of nitrogens with zero attached hydrogens (tertiary/aromatic N) is 2. The molecule has 154 valence electrons. The van der Waals surface area contributed by atoms with Gasteiger partial charge < -0.3 is 15.2 Å². The smallest absolute Gasteiger partial charge is 0.264 e. The van der Waals surface area contributed by atoms with Crippen molar-refractivity contribution in [3.05, 3.63) is 40.0 Å². The van der Waals surface area contributed by atoms with Crippen molar-refractivity contribution in [2.75, 3.05) is 20.1 Å². The van der Waals surface area contributed by atoms with Gasteiger partial charge in [-0.3, -0.25) is 9.78 Å². The number of piperidine rings is 1. The largest absolute Gasteiger partial charge is 0.354 e. The molecule has 0 unspecified atom stereocenters. The van der Waals surface area contributed by atoms with Crippen LogP contribution >= 0.6 is 11.3 Å². The fourth-order valence-electron chi connectivity index (χ4n) is 4.37. The topological polar surface area (TPSA) is 61.0 Å². The molecule has 0 saturated carbocycles. The highest BCUT2D eigenvalue weighted by Crippen LogP contribution is 2.40. The number of fused-ring (bicyclic) bond motifs is 1. The van der Waals surface area contributed by atoms with Crippen molar-refractivity contribution in [2.24, 2.45) is 0 Å². The van der Waals surface area contributed by atoms with Crippen LogP contribution < -0.4 is 5.32 Å². The first-order valence-electron chi connectivity index (χ1n) is 10.4. The van der Waals surface area contributed by atoms with Crippen LogP contribution in [0.1, 0.15) is 59.2 Å². The minimum atomic E-state index is 0.125. The lowest BCUT2D eigenvalue weighted by Crippen LogP contribution is -2.46. The molecule has 0 aromatic carbocycles. The number of rotatable bonds is 4. The summed E-state index contributed by atoms with van der Waals surface area (Å²) in [5.74, 6) is 0.481. The van der Waals surface area contributed by atoms with Gasteiger partial charge in [-0.2, -0.15) is 0 Å². The van der Waals surface area contributed by atoms with Gasteiger partial charge >= 0.3 is 0 Å². The highest BCUT2D eigenvalue weighted by Gasteiger charge is 2.26. The molecule has 1 aliphatic heterocycles.